The van der Waals surface area contributed by atoms with Crippen LogP contribution in [0, 0.1) is 17.7 Å². The summed E-state index contributed by atoms with van der Waals surface area (Å²) in [6, 6.07) is 14.7. The number of phenols is 1. The highest BCUT2D eigenvalue weighted by atomic mass is 19.1. The van der Waals surface area contributed by atoms with Crippen molar-refractivity contribution in [3.63, 3.8) is 0 Å². The second-order valence-electron chi connectivity index (χ2n) is 9.92. The van der Waals surface area contributed by atoms with Gasteiger partial charge in [0, 0.05) is 23.4 Å². The Kier molecular flexibility index (Phi) is 4.80. The first kappa shape index (κ1) is 22.7. The lowest BCUT2D eigenvalue weighted by atomic mass is 9.76. The van der Waals surface area contributed by atoms with E-state index in [1.807, 2.05) is 0 Å². The number of imide groups is 1. The number of carbonyl (C=O) groups excluding carboxylic acids is 3. The van der Waals surface area contributed by atoms with Gasteiger partial charge in [-0.2, -0.15) is 0 Å². The lowest BCUT2D eigenvalue weighted by molar-refractivity contribution is -0.130. The van der Waals surface area contributed by atoms with Crippen LogP contribution in [0.4, 0.5) is 15.8 Å². The third-order valence-electron chi connectivity index (χ3n) is 7.85. The van der Waals surface area contributed by atoms with Crippen LogP contribution in [0.15, 0.2) is 60.7 Å². The number of ether oxygens (including phenoxy) is 2. The Balaban J connectivity index is 1.35. The van der Waals surface area contributed by atoms with Crippen LogP contribution < -0.4 is 25.0 Å². The third-order valence-corrected chi connectivity index (χ3v) is 7.85. The van der Waals surface area contributed by atoms with Crippen molar-refractivity contribution in [1.29, 1.82) is 0 Å². The molecule has 4 aliphatic rings. The van der Waals surface area contributed by atoms with Crippen molar-refractivity contribution in [3.05, 3.63) is 77.6 Å². The average molecular weight is 515 g/mol. The van der Waals surface area contributed by atoms with Crippen LogP contribution in [0.5, 0.6) is 17.2 Å². The summed E-state index contributed by atoms with van der Waals surface area (Å²) in [7, 11) is 0. The molecule has 3 aromatic carbocycles. The predicted octanol–water partition coefficient (Wildman–Crippen LogP) is 2.47. The summed E-state index contributed by atoms with van der Waals surface area (Å²) in [6.45, 7) is 0.740. The molecule has 38 heavy (non-hydrogen) atoms. The van der Waals surface area contributed by atoms with Gasteiger partial charge in [0.05, 0.1) is 17.5 Å². The summed E-state index contributed by atoms with van der Waals surface area (Å²) < 4.78 is 25.7. The quantitative estimate of drug-likeness (QED) is 0.459. The fourth-order valence-electron chi connectivity index (χ4n) is 6.26. The van der Waals surface area contributed by atoms with Crippen LogP contribution in [-0.2, 0) is 26.3 Å². The summed E-state index contributed by atoms with van der Waals surface area (Å²) in [5.41, 5.74) is 0.183. The van der Waals surface area contributed by atoms with E-state index in [9.17, 15) is 23.9 Å². The van der Waals surface area contributed by atoms with Gasteiger partial charge in [-0.1, -0.05) is 12.1 Å². The van der Waals surface area contributed by atoms with Gasteiger partial charge in [0.2, 0.25) is 17.7 Å². The number of anilines is 2. The molecule has 3 amide bonds. The molecule has 1 spiro atoms. The van der Waals surface area contributed by atoms with E-state index in [4.69, 9.17) is 9.47 Å². The number of carbonyl (C=O) groups is 3. The van der Waals surface area contributed by atoms with Crippen LogP contribution in [0.25, 0.3) is 0 Å². The fraction of sp³-hybridized carbons (Fsp3) is 0.250. The van der Waals surface area contributed by atoms with Gasteiger partial charge in [-0.05, 0) is 54.4 Å². The minimum absolute atomic E-state index is 0.0963. The first-order chi connectivity index (χ1) is 18.4. The Morgan fingerprint density at radius 1 is 0.947 bits per heavy atom. The van der Waals surface area contributed by atoms with Gasteiger partial charge in [0.15, 0.2) is 11.5 Å². The molecule has 4 aliphatic heterocycles. The molecule has 0 saturated carbocycles. The van der Waals surface area contributed by atoms with Crippen molar-refractivity contribution >= 4 is 29.1 Å². The Morgan fingerprint density at radius 3 is 2.50 bits per heavy atom. The SMILES string of the molecule is O=C1[C@@H]2[C@H](Cc3ccc(O)cc3)N[C@]3(C(=O)Nc4ccc(F)cc43)[C@H]2C(=O)N1c1ccc2c(c1)OCCO2. The molecule has 2 saturated heterocycles. The molecule has 192 valence electrons. The topological polar surface area (TPSA) is 117 Å². The first-order valence-corrected chi connectivity index (χ1v) is 12.3. The van der Waals surface area contributed by atoms with Crippen molar-refractivity contribution in [2.45, 2.75) is 18.0 Å². The van der Waals surface area contributed by atoms with Gasteiger partial charge in [-0.15, -0.1) is 0 Å². The van der Waals surface area contributed by atoms with E-state index in [2.05, 4.69) is 10.6 Å². The lowest BCUT2D eigenvalue weighted by Crippen LogP contribution is -2.53. The highest BCUT2D eigenvalue weighted by Crippen LogP contribution is 2.54. The maximum Gasteiger partial charge on any atom is 0.250 e. The van der Waals surface area contributed by atoms with E-state index in [-0.39, 0.29) is 5.75 Å². The fourth-order valence-corrected chi connectivity index (χ4v) is 6.26. The van der Waals surface area contributed by atoms with E-state index >= 15 is 0 Å². The second-order valence-corrected chi connectivity index (χ2v) is 9.92. The summed E-state index contributed by atoms with van der Waals surface area (Å²) in [5.74, 6) is -3.04. The minimum atomic E-state index is -1.63. The van der Waals surface area contributed by atoms with Crippen molar-refractivity contribution < 1.29 is 33.4 Å². The van der Waals surface area contributed by atoms with Crippen LogP contribution in [-0.4, -0.2) is 42.1 Å². The molecule has 3 N–H and O–H groups in total. The molecule has 0 aliphatic carbocycles. The standard InChI is InChI=1S/C28H22FN3O6/c29-15-3-7-19-18(12-15)28(27(36)30-19)24-23(20(31-28)11-14-1-5-17(33)6-2-14)25(34)32(26(24)35)16-4-8-21-22(13-16)38-10-9-37-21/h1-8,12-13,20,23-24,31,33H,9-11H2,(H,30,36)/t20-,23+,24+,28-/m0/s1. The number of hydrogen-bond donors (Lipinski definition) is 3. The van der Waals surface area contributed by atoms with Crippen molar-refractivity contribution in [3.8, 4) is 17.2 Å². The zero-order valence-electron chi connectivity index (χ0n) is 19.9. The Labute approximate surface area is 216 Å². The molecule has 3 aromatic rings. The summed E-state index contributed by atoms with van der Waals surface area (Å²) in [5, 5.41) is 15.8. The molecule has 7 rings (SSSR count). The van der Waals surface area contributed by atoms with Crippen molar-refractivity contribution in [2.24, 2.45) is 11.8 Å². The largest absolute Gasteiger partial charge is 0.508 e. The van der Waals surface area contributed by atoms with Gasteiger partial charge in [-0.25, -0.2) is 9.29 Å². The maximum absolute atomic E-state index is 14.4. The Hall–Kier alpha value is -4.44. The van der Waals surface area contributed by atoms with Gasteiger partial charge in [-0.3, -0.25) is 19.7 Å². The van der Waals surface area contributed by atoms with Crippen LogP contribution in [0.2, 0.25) is 0 Å². The maximum atomic E-state index is 14.4. The number of amides is 3. The number of benzene rings is 3. The van der Waals surface area contributed by atoms with Gasteiger partial charge in [0.25, 0.3) is 0 Å². The summed E-state index contributed by atoms with van der Waals surface area (Å²) >= 11 is 0. The van der Waals surface area contributed by atoms with Gasteiger partial charge in [0.1, 0.15) is 30.3 Å². The monoisotopic (exact) mass is 515 g/mol. The number of nitrogens with zero attached hydrogens (tertiary/aromatic N) is 1. The average Bonchev–Trinajstić information content (AvgIpc) is 3.49. The smallest absolute Gasteiger partial charge is 0.250 e. The highest BCUT2D eigenvalue weighted by Gasteiger charge is 2.70. The summed E-state index contributed by atoms with van der Waals surface area (Å²) in [4.78, 5) is 42.8. The Bertz CT molecular complexity index is 1530. The van der Waals surface area contributed by atoms with Crippen LogP contribution in [0.3, 0.4) is 0 Å². The normalized spacial score (nSPS) is 27.0. The molecule has 10 heteroatoms. The molecule has 4 atom stereocenters. The molecular formula is C28H22FN3O6. The molecule has 0 radical (unpaired) electrons. The van der Waals surface area contributed by atoms with E-state index in [0.717, 1.165) is 10.5 Å². The van der Waals surface area contributed by atoms with E-state index in [1.54, 1.807) is 30.3 Å². The van der Waals surface area contributed by atoms with E-state index < -0.39 is 47.0 Å². The number of rotatable bonds is 3. The van der Waals surface area contributed by atoms with Crippen LogP contribution in [0.1, 0.15) is 11.1 Å². The van der Waals surface area contributed by atoms with E-state index in [1.165, 1.54) is 30.3 Å². The molecule has 0 bridgehead atoms. The molecule has 0 aromatic heterocycles. The number of aromatic hydroxyl groups is 1. The lowest BCUT2D eigenvalue weighted by Gasteiger charge is -2.30. The zero-order valence-corrected chi connectivity index (χ0v) is 19.9. The summed E-state index contributed by atoms with van der Waals surface area (Å²) in [6.07, 6.45) is 0.301. The third kappa shape index (κ3) is 3.10. The molecule has 9 nitrogen and oxygen atoms in total. The van der Waals surface area contributed by atoms with E-state index in [0.29, 0.717) is 48.1 Å². The number of phenolic OH excluding ortho intramolecular Hbond substituents is 1. The van der Waals surface area contributed by atoms with Crippen molar-refractivity contribution in [2.75, 3.05) is 23.4 Å². The van der Waals surface area contributed by atoms with Crippen LogP contribution >= 0.6 is 0 Å². The number of halogens is 1. The number of fused-ring (bicyclic) bond motifs is 5. The Morgan fingerprint density at radius 2 is 1.71 bits per heavy atom. The minimum Gasteiger partial charge on any atom is -0.508 e. The molecular weight excluding hydrogens is 493 g/mol. The molecule has 0 unspecified atom stereocenters. The van der Waals surface area contributed by atoms with Gasteiger partial charge < -0.3 is 19.9 Å². The van der Waals surface area contributed by atoms with Crippen molar-refractivity contribution in [1.82, 2.24) is 5.32 Å². The van der Waals surface area contributed by atoms with Gasteiger partial charge >= 0.3 is 0 Å². The first-order valence-electron chi connectivity index (χ1n) is 12.3. The second kappa shape index (κ2) is 8.03. The molecule has 2 fully saturated rings. The zero-order chi connectivity index (χ0) is 26.2. The molecule has 4 heterocycles. The highest BCUT2D eigenvalue weighted by molar-refractivity contribution is 6.26. The number of hydrogen-bond acceptors (Lipinski definition) is 7. The number of nitrogens with one attached hydrogen (secondary N) is 2. The predicted molar refractivity (Wildman–Crippen MR) is 132 cm³/mol.